The Morgan fingerprint density at radius 2 is 2.21 bits per heavy atom. The number of aryl methyl sites for hydroxylation is 1. The van der Waals surface area contributed by atoms with Gasteiger partial charge in [-0.2, -0.15) is 10.2 Å². The number of nitrogens with one attached hydrogen (secondary N) is 1. The Hall–Kier alpha value is -1.94. The van der Waals surface area contributed by atoms with E-state index in [1.54, 1.807) is 37.6 Å². The van der Waals surface area contributed by atoms with Gasteiger partial charge in [-0.15, -0.1) is 0 Å². The van der Waals surface area contributed by atoms with Gasteiger partial charge in [0, 0.05) is 29.9 Å². The number of halogens is 3. The summed E-state index contributed by atoms with van der Waals surface area (Å²) in [7, 11) is 1.69. The fraction of sp³-hybridized carbons (Fsp3) is 0.133. The first kappa shape index (κ1) is 16.9. The molecule has 124 valence electrons. The van der Waals surface area contributed by atoms with Crippen LogP contribution < -0.4 is 5.32 Å². The molecular formula is C15H12ClFIN5O. The van der Waals surface area contributed by atoms with Gasteiger partial charge in [-0.05, 0) is 34.7 Å². The van der Waals surface area contributed by atoms with Crippen LogP contribution in [0.15, 0.2) is 36.7 Å². The summed E-state index contributed by atoms with van der Waals surface area (Å²) in [5.41, 5.74) is 0.795. The number of benzene rings is 1. The van der Waals surface area contributed by atoms with Crippen LogP contribution in [-0.2, 0) is 13.6 Å². The maximum Gasteiger partial charge on any atom is 0.276 e. The molecular weight excluding hydrogens is 448 g/mol. The molecule has 3 aromatic rings. The smallest absolute Gasteiger partial charge is 0.276 e. The maximum absolute atomic E-state index is 13.8. The fourth-order valence-corrected chi connectivity index (χ4v) is 3.14. The van der Waals surface area contributed by atoms with Gasteiger partial charge in [0.1, 0.15) is 11.5 Å². The molecule has 1 N–H and O–H groups in total. The van der Waals surface area contributed by atoms with E-state index in [2.05, 4.69) is 15.5 Å². The summed E-state index contributed by atoms with van der Waals surface area (Å²) in [6, 6.07) is 6.15. The summed E-state index contributed by atoms with van der Waals surface area (Å²) in [4.78, 5) is 12.3. The minimum absolute atomic E-state index is 0.171. The van der Waals surface area contributed by atoms with Crippen LogP contribution in [0.5, 0.6) is 0 Å². The topological polar surface area (TPSA) is 64.7 Å². The standard InChI is InChI=1S/C15H12ClFIN5O/c1-22-14(12(18)7-19-22)15(24)20-13-5-6-23(21-13)8-9-10(16)3-2-4-11(9)17/h2-7H,8H2,1H3,(H,20,21,24). The normalized spacial score (nSPS) is 10.8. The first-order valence-corrected chi connectivity index (χ1v) is 8.36. The average molecular weight is 460 g/mol. The highest BCUT2D eigenvalue weighted by atomic mass is 127. The third-order valence-corrected chi connectivity index (χ3v) is 4.52. The minimum atomic E-state index is -0.395. The number of aromatic nitrogens is 4. The van der Waals surface area contributed by atoms with E-state index in [4.69, 9.17) is 11.6 Å². The molecule has 0 saturated carbocycles. The summed E-state index contributed by atoms with van der Waals surface area (Å²) >= 11 is 8.05. The van der Waals surface area contributed by atoms with E-state index >= 15 is 0 Å². The second-order valence-corrected chi connectivity index (χ2v) is 6.59. The van der Waals surface area contributed by atoms with Crippen LogP contribution in [0, 0.1) is 9.39 Å². The molecule has 0 spiro atoms. The van der Waals surface area contributed by atoms with Crippen LogP contribution >= 0.6 is 34.2 Å². The van der Waals surface area contributed by atoms with Gasteiger partial charge >= 0.3 is 0 Å². The van der Waals surface area contributed by atoms with Crippen LogP contribution in [0.4, 0.5) is 10.2 Å². The SMILES string of the molecule is Cn1ncc(I)c1C(=O)Nc1ccn(Cc2c(F)cccc2Cl)n1. The maximum atomic E-state index is 13.8. The number of rotatable bonds is 4. The van der Waals surface area contributed by atoms with Crippen molar-refractivity contribution in [2.45, 2.75) is 6.54 Å². The summed E-state index contributed by atoms with van der Waals surface area (Å²) < 4.78 is 17.6. The molecule has 0 aliphatic carbocycles. The minimum Gasteiger partial charge on any atom is -0.304 e. The van der Waals surface area contributed by atoms with Gasteiger partial charge in [0.05, 0.1) is 16.3 Å². The molecule has 2 aromatic heterocycles. The van der Waals surface area contributed by atoms with Crippen molar-refractivity contribution >= 4 is 45.9 Å². The molecule has 0 atom stereocenters. The van der Waals surface area contributed by atoms with Crippen molar-refractivity contribution in [3.8, 4) is 0 Å². The number of anilines is 1. The van der Waals surface area contributed by atoms with E-state index in [0.717, 1.165) is 3.57 Å². The second kappa shape index (κ2) is 6.89. The van der Waals surface area contributed by atoms with Crippen LogP contribution in [0.2, 0.25) is 5.02 Å². The van der Waals surface area contributed by atoms with Gasteiger partial charge in [0.15, 0.2) is 5.82 Å². The molecule has 24 heavy (non-hydrogen) atoms. The van der Waals surface area contributed by atoms with E-state index in [1.165, 1.54) is 15.4 Å². The third kappa shape index (κ3) is 3.44. The highest BCUT2D eigenvalue weighted by molar-refractivity contribution is 14.1. The van der Waals surface area contributed by atoms with Gasteiger partial charge in [0.25, 0.3) is 5.91 Å². The van der Waals surface area contributed by atoms with Crippen molar-refractivity contribution < 1.29 is 9.18 Å². The predicted molar refractivity (Wildman–Crippen MR) is 96.6 cm³/mol. The Morgan fingerprint density at radius 1 is 1.42 bits per heavy atom. The number of hydrogen-bond acceptors (Lipinski definition) is 3. The predicted octanol–water partition coefficient (Wildman–Crippen LogP) is 3.31. The molecule has 6 nitrogen and oxygen atoms in total. The van der Waals surface area contributed by atoms with Gasteiger partial charge in [-0.25, -0.2) is 4.39 Å². The Morgan fingerprint density at radius 3 is 2.88 bits per heavy atom. The molecule has 2 heterocycles. The van der Waals surface area contributed by atoms with Crippen LogP contribution in [0.3, 0.4) is 0 Å². The zero-order valence-electron chi connectivity index (χ0n) is 12.5. The van der Waals surface area contributed by atoms with E-state index in [1.807, 2.05) is 22.6 Å². The molecule has 0 saturated heterocycles. The average Bonchev–Trinajstić information content (AvgIpc) is 3.10. The molecule has 1 aromatic carbocycles. The number of carbonyl (C=O) groups is 1. The number of hydrogen-bond donors (Lipinski definition) is 1. The van der Waals surface area contributed by atoms with Gasteiger partial charge in [0.2, 0.25) is 0 Å². The molecule has 0 radical (unpaired) electrons. The fourth-order valence-electron chi connectivity index (χ4n) is 2.20. The molecule has 0 aliphatic rings. The number of amides is 1. The highest BCUT2D eigenvalue weighted by Crippen LogP contribution is 2.20. The third-order valence-electron chi connectivity index (χ3n) is 3.37. The van der Waals surface area contributed by atoms with E-state index in [0.29, 0.717) is 22.1 Å². The van der Waals surface area contributed by atoms with Crippen molar-refractivity contribution in [3.05, 3.63) is 62.3 Å². The Bertz CT molecular complexity index is 867. The molecule has 9 heteroatoms. The van der Waals surface area contributed by atoms with Crippen molar-refractivity contribution in [1.29, 1.82) is 0 Å². The number of nitrogens with zero attached hydrogens (tertiary/aromatic N) is 4. The summed E-state index contributed by atoms with van der Waals surface area (Å²) in [5, 5.41) is 11.3. The molecule has 1 amide bonds. The quantitative estimate of drug-likeness (QED) is 0.609. The molecule has 0 aliphatic heterocycles. The Kier molecular flexibility index (Phi) is 4.86. The summed E-state index contributed by atoms with van der Waals surface area (Å²) in [5.74, 6) is -0.342. The lowest BCUT2D eigenvalue weighted by molar-refractivity contribution is 0.101. The zero-order chi connectivity index (χ0) is 17.3. The lowest BCUT2D eigenvalue weighted by Crippen LogP contribution is -2.18. The van der Waals surface area contributed by atoms with E-state index < -0.39 is 5.82 Å². The zero-order valence-corrected chi connectivity index (χ0v) is 15.4. The van der Waals surface area contributed by atoms with Crippen LogP contribution in [-0.4, -0.2) is 25.5 Å². The first-order chi connectivity index (χ1) is 11.5. The highest BCUT2D eigenvalue weighted by Gasteiger charge is 2.16. The largest absolute Gasteiger partial charge is 0.304 e. The molecule has 3 rings (SSSR count). The summed E-state index contributed by atoms with van der Waals surface area (Å²) in [6.45, 7) is 0.171. The first-order valence-electron chi connectivity index (χ1n) is 6.91. The van der Waals surface area contributed by atoms with Gasteiger partial charge in [-0.1, -0.05) is 17.7 Å². The van der Waals surface area contributed by atoms with Gasteiger partial charge < -0.3 is 5.32 Å². The van der Waals surface area contributed by atoms with Crippen molar-refractivity contribution in [2.75, 3.05) is 5.32 Å². The second-order valence-electron chi connectivity index (χ2n) is 5.02. The van der Waals surface area contributed by atoms with Crippen molar-refractivity contribution in [1.82, 2.24) is 19.6 Å². The molecule has 0 fully saturated rings. The lowest BCUT2D eigenvalue weighted by atomic mass is 10.2. The summed E-state index contributed by atoms with van der Waals surface area (Å²) in [6.07, 6.45) is 3.25. The van der Waals surface area contributed by atoms with Crippen LogP contribution in [0.25, 0.3) is 0 Å². The Balaban J connectivity index is 1.76. The number of carbonyl (C=O) groups excluding carboxylic acids is 1. The molecule has 0 unspecified atom stereocenters. The van der Waals surface area contributed by atoms with Gasteiger partial charge in [-0.3, -0.25) is 14.2 Å². The van der Waals surface area contributed by atoms with E-state index in [9.17, 15) is 9.18 Å². The lowest BCUT2D eigenvalue weighted by Gasteiger charge is -2.06. The Labute approximate surface area is 155 Å². The van der Waals surface area contributed by atoms with Crippen molar-refractivity contribution in [3.63, 3.8) is 0 Å². The monoisotopic (exact) mass is 459 g/mol. The van der Waals surface area contributed by atoms with E-state index in [-0.39, 0.29) is 12.5 Å². The molecule has 0 bridgehead atoms. The van der Waals surface area contributed by atoms with Crippen molar-refractivity contribution in [2.24, 2.45) is 7.05 Å². The van der Waals surface area contributed by atoms with Crippen LogP contribution in [0.1, 0.15) is 16.1 Å².